The van der Waals surface area contributed by atoms with E-state index in [0.717, 1.165) is 19.3 Å². The quantitative estimate of drug-likeness (QED) is 0.423. The molecule has 4 N–H and O–H groups in total. The molecule has 4 unspecified atom stereocenters. The van der Waals surface area contributed by atoms with Crippen molar-refractivity contribution in [3.8, 4) is 0 Å². The van der Waals surface area contributed by atoms with Crippen molar-refractivity contribution >= 4 is 0 Å². The fourth-order valence-corrected chi connectivity index (χ4v) is 2.65. The highest BCUT2D eigenvalue weighted by Gasteiger charge is 2.23. The largest absolute Gasteiger partial charge is 0.396 e. The Balaban J connectivity index is 4.41. The standard InChI is InChI=1S/C14H30O4/c1-11(17)9-13(5-3-4-7-15)14(6-8-16)10-12(2)18/h11-18H,3-10H2,1-2H3. The molecule has 110 valence electrons. The van der Waals surface area contributed by atoms with Crippen LogP contribution < -0.4 is 0 Å². The molecule has 0 aromatic heterocycles. The Morgan fingerprint density at radius 3 is 1.61 bits per heavy atom. The van der Waals surface area contributed by atoms with Crippen LogP contribution in [-0.2, 0) is 0 Å². The zero-order valence-corrected chi connectivity index (χ0v) is 11.8. The molecule has 18 heavy (non-hydrogen) atoms. The van der Waals surface area contributed by atoms with Crippen molar-refractivity contribution in [3.63, 3.8) is 0 Å². The van der Waals surface area contributed by atoms with Gasteiger partial charge in [-0.2, -0.15) is 0 Å². The monoisotopic (exact) mass is 262 g/mol. The number of hydrogen-bond acceptors (Lipinski definition) is 4. The SMILES string of the molecule is CC(O)CC(CCO)C(CCCCO)CC(C)O. The Hall–Kier alpha value is -0.160. The second-order valence-electron chi connectivity index (χ2n) is 5.42. The molecular formula is C14H30O4. The van der Waals surface area contributed by atoms with Crippen molar-refractivity contribution in [1.29, 1.82) is 0 Å². The van der Waals surface area contributed by atoms with Gasteiger partial charge in [0.15, 0.2) is 0 Å². The first-order chi connectivity index (χ1) is 8.51. The Labute approximate surface area is 111 Å². The van der Waals surface area contributed by atoms with Crippen LogP contribution in [0.25, 0.3) is 0 Å². The van der Waals surface area contributed by atoms with E-state index in [1.165, 1.54) is 0 Å². The highest BCUT2D eigenvalue weighted by atomic mass is 16.3. The van der Waals surface area contributed by atoms with Gasteiger partial charge in [0.2, 0.25) is 0 Å². The molecule has 0 heterocycles. The summed E-state index contributed by atoms with van der Waals surface area (Å²) in [5, 5.41) is 37.0. The van der Waals surface area contributed by atoms with Crippen LogP contribution in [0.1, 0.15) is 52.4 Å². The van der Waals surface area contributed by atoms with Crippen molar-refractivity contribution in [1.82, 2.24) is 0 Å². The summed E-state index contributed by atoms with van der Waals surface area (Å²) >= 11 is 0. The van der Waals surface area contributed by atoms with Crippen LogP contribution in [-0.4, -0.2) is 45.8 Å². The smallest absolute Gasteiger partial charge is 0.0514 e. The van der Waals surface area contributed by atoms with Gasteiger partial charge in [0, 0.05) is 13.2 Å². The lowest BCUT2D eigenvalue weighted by Crippen LogP contribution is -2.24. The Morgan fingerprint density at radius 1 is 0.722 bits per heavy atom. The third kappa shape index (κ3) is 8.86. The molecule has 0 fully saturated rings. The maximum Gasteiger partial charge on any atom is 0.0514 e. The van der Waals surface area contributed by atoms with Crippen LogP contribution in [0.2, 0.25) is 0 Å². The van der Waals surface area contributed by atoms with E-state index in [2.05, 4.69) is 0 Å². The van der Waals surface area contributed by atoms with Gasteiger partial charge >= 0.3 is 0 Å². The van der Waals surface area contributed by atoms with E-state index in [1.54, 1.807) is 13.8 Å². The van der Waals surface area contributed by atoms with E-state index in [4.69, 9.17) is 10.2 Å². The highest BCUT2D eigenvalue weighted by Crippen LogP contribution is 2.30. The first-order valence-corrected chi connectivity index (χ1v) is 7.09. The van der Waals surface area contributed by atoms with Gasteiger partial charge in [-0.05, 0) is 51.4 Å². The molecule has 0 saturated carbocycles. The number of rotatable bonds is 11. The normalized spacial score (nSPS) is 18.3. The molecule has 4 atom stereocenters. The third-order valence-electron chi connectivity index (χ3n) is 3.44. The maximum absolute atomic E-state index is 9.56. The minimum atomic E-state index is -0.379. The predicted molar refractivity (Wildman–Crippen MR) is 72.2 cm³/mol. The minimum Gasteiger partial charge on any atom is -0.396 e. The lowest BCUT2D eigenvalue weighted by Gasteiger charge is -2.29. The Morgan fingerprint density at radius 2 is 1.22 bits per heavy atom. The van der Waals surface area contributed by atoms with E-state index < -0.39 is 0 Å². The van der Waals surface area contributed by atoms with Gasteiger partial charge in [-0.1, -0.05) is 12.8 Å². The van der Waals surface area contributed by atoms with Crippen LogP contribution in [0.5, 0.6) is 0 Å². The molecule has 4 nitrogen and oxygen atoms in total. The Bertz CT molecular complexity index is 183. The summed E-state index contributed by atoms with van der Waals surface area (Å²) in [6, 6.07) is 0. The molecule has 0 aliphatic heterocycles. The third-order valence-corrected chi connectivity index (χ3v) is 3.44. The molecule has 0 aliphatic rings. The highest BCUT2D eigenvalue weighted by molar-refractivity contribution is 4.74. The van der Waals surface area contributed by atoms with Crippen molar-refractivity contribution in [2.75, 3.05) is 13.2 Å². The molecule has 0 saturated heterocycles. The first kappa shape index (κ1) is 17.8. The summed E-state index contributed by atoms with van der Waals surface area (Å²) in [7, 11) is 0. The second-order valence-corrected chi connectivity index (χ2v) is 5.42. The van der Waals surface area contributed by atoms with Crippen molar-refractivity contribution in [3.05, 3.63) is 0 Å². The number of aliphatic hydroxyl groups is 4. The average molecular weight is 262 g/mol. The summed E-state index contributed by atoms with van der Waals surface area (Å²) in [6.07, 6.45) is 3.92. The summed E-state index contributed by atoms with van der Waals surface area (Å²) in [5.41, 5.74) is 0. The van der Waals surface area contributed by atoms with Gasteiger partial charge < -0.3 is 20.4 Å². The fraction of sp³-hybridized carbons (Fsp3) is 1.00. The van der Waals surface area contributed by atoms with E-state index in [1.807, 2.05) is 0 Å². The molecule has 0 rings (SSSR count). The molecule has 0 aromatic carbocycles. The van der Waals surface area contributed by atoms with Crippen LogP contribution in [0.15, 0.2) is 0 Å². The van der Waals surface area contributed by atoms with E-state index >= 15 is 0 Å². The van der Waals surface area contributed by atoms with E-state index in [9.17, 15) is 10.2 Å². The van der Waals surface area contributed by atoms with Gasteiger partial charge in [-0.3, -0.25) is 0 Å². The van der Waals surface area contributed by atoms with Gasteiger partial charge in [-0.25, -0.2) is 0 Å². The van der Waals surface area contributed by atoms with E-state index in [0.29, 0.717) is 25.2 Å². The van der Waals surface area contributed by atoms with Crippen molar-refractivity contribution in [2.45, 2.75) is 64.6 Å². The van der Waals surface area contributed by atoms with Gasteiger partial charge in [0.1, 0.15) is 0 Å². The van der Waals surface area contributed by atoms with Crippen molar-refractivity contribution < 1.29 is 20.4 Å². The molecule has 0 aromatic rings. The number of hydrogen-bond donors (Lipinski definition) is 4. The van der Waals surface area contributed by atoms with Crippen molar-refractivity contribution in [2.24, 2.45) is 11.8 Å². The zero-order valence-electron chi connectivity index (χ0n) is 11.8. The molecule has 0 amide bonds. The van der Waals surface area contributed by atoms with Crippen LogP contribution in [0.3, 0.4) is 0 Å². The van der Waals surface area contributed by atoms with Gasteiger partial charge in [0.25, 0.3) is 0 Å². The first-order valence-electron chi connectivity index (χ1n) is 7.09. The lowest BCUT2D eigenvalue weighted by atomic mass is 9.79. The molecule has 4 heteroatoms. The van der Waals surface area contributed by atoms with Crippen LogP contribution >= 0.6 is 0 Å². The van der Waals surface area contributed by atoms with Gasteiger partial charge in [-0.15, -0.1) is 0 Å². The number of unbranched alkanes of at least 4 members (excludes halogenated alkanes) is 1. The van der Waals surface area contributed by atoms with E-state index in [-0.39, 0.29) is 31.3 Å². The minimum absolute atomic E-state index is 0.119. The fourth-order valence-electron chi connectivity index (χ4n) is 2.65. The lowest BCUT2D eigenvalue weighted by molar-refractivity contribution is 0.0852. The second kappa shape index (κ2) is 10.7. The van der Waals surface area contributed by atoms with Crippen LogP contribution in [0.4, 0.5) is 0 Å². The van der Waals surface area contributed by atoms with Crippen LogP contribution in [0, 0.1) is 11.8 Å². The predicted octanol–water partition coefficient (Wildman–Crippen LogP) is 1.31. The zero-order chi connectivity index (χ0) is 14.0. The molecule has 0 spiro atoms. The molecule has 0 bridgehead atoms. The average Bonchev–Trinajstić information content (AvgIpc) is 2.26. The summed E-state index contributed by atoms with van der Waals surface area (Å²) in [5.74, 6) is 0.543. The summed E-state index contributed by atoms with van der Waals surface area (Å²) in [4.78, 5) is 0. The molecule has 0 radical (unpaired) electrons. The Kier molecular flexibility index (Phi) is 10.6. The van der Waals surface area contributed by atoms with Gasteiger partial charge in [0.05, 0.1) is 12.2 Å². The topological polar surface area (TPSA) is 80.9 Å². The molecule has 0 aliphatic carbocycles. The maximum atomic E-state index is 9.56. The summed E-state index contributed by atoms with van der Waals surface area (Å²) in [6.45, 7) is 3.85. The molecular weight excluding hydrogens is 232 g/mol. The summed E-state index contributed by atoms with van der Waals surface area (Å²) < 4.78 is 0. The number of aliphatic hydroxyl groups excluding tert-OH is 4.